The van der Waals surface area contributed by atoms with E-state index in [4.69, 9.17) is 18.9 Å². The fraction of sp³-hybridized carbons (Fsp3) is 0.583. The van der Waals surface area contributed by atoms with Gasteiger partial charge in [-0.3, -0.25) is 0 Å². The zero-order valence-electron chi connectivity index (χ0n) is 20.5. The van der Waals surface area contributed by atoms with Gasteiger partial charge >= 0.3 is 6.09 Å². The predicted molar refractivity (Wildman–Crippen MR) is 127 cm³/mol. The molecule has 1 unspecified atom stereocenters. The van der Waals surface area contributed by atoms with Crippen molar-refractivity contribution >= 4 is 15.9 Å². The number of sulfone groups is 1. The van der Waals surface area contributed by atoms with Crippen LogP contribution in [-0.4, -0.2) is 71.0 Å². The number of methoxy groups -OCH3 is 1. The Hall–Kier alpha value is -3.15. The van der Waals surface area contributed by atoms with Crippen molar-refractivity contribution in [2.24, 2.45) is 0 Å². The van der Waals surface area contributed by atoms with E-state index in [1.54, 1.807) is 0 Å². The van der Waals surface area contributed by atoms with Crippen LogP contribution in [0.25, 0.3) is 0 Å². The number of aromatic nitrogens is 3. The lowest BCUT2D eigenvalue weighted by atomic mass is 10.0. The van der Waals surface area contributed by atoms with E-state index in [1.165, 1.54) is 31.8 Å². The van der Waals surface area contributed by atoms with E-state index in [9.17, 15) is 13.2 Å². The van der Waals surface area contributed by atoms with Gasteiger partial charge in [-0.15, -0.1) is 0 Å². The Labute approximate surface area is 210 Å². The van der Waals surface area contributed by atoms with Crippen molar-refractivity contribution in [1.82, 2.24) is 19.9 Å². The van der Waals surface area contributed by atoms with E-state index >= 15 is 0 Å². The van der Waals surface area contributed by atoms with Gasteiger partial charge in [-0.2, -0.15) is 9.97 Å². The quantitative estimate of drug-likeness (QED) is 0.511. The highest BCUT2D eigenvalue weighted by atomic mass is 32.2. The summed E-state index contributed by atoms with van der Waals surface area (Å²) < 4.78 is 47.7. The molecule has 0 spiro atoms. The number of ether oxygens (including phenoxy) is 4. The van der Waals surface area contributed by atoms with Gasteiger partial charge < -0.3 is 23.8 Å². The average Bonchev–Trinajstić information content (AvgIpc) is 3.65. The standard InChI is InChI=1S/C24H30N4O7S/c1-14(2)33-24(29)28-15-4-5-16(28)11-18(10-15)35-23-21(32-3)22(26-13-27-23)34-17-6-9-20(25-12-17)36(30,31)19-7-8-19/h6,9,12-16,18-19H,4-5,7-8,10-11H2,1-3H3/t15-,16?,18+/m0/s1. The highest BCUT2D eigenvalue weighted by molar-refractivity contribution is 7.92. The molecule has 3 aliphatic rings. The third-order valence-electron chi connectivity index (χ3n) is 6.64. The van der Waals surface area contributed by atoms with Crippen LogP contribution in [0.1, 0.15) is 52.4 Å². The van der Waals surface area contributed by atoms with Crippen molar-refractivity contribution in [3.8, 4) is 23.3 Å². The van der Waals surface area contributed by atoms with Crippen LogP contribution in [0.2, 0.25) is 0 Å². The summed E-state index contributed by atoms with van der Waals surface area (Å²) in [5.41, 5.74) is 0. The fourth-order valence-corrected chi connectivity index (χ4v) is 6.43. The molecule has 1 saturated carbocycles. The number of hydrogen-bond donors (Lipinski definition) is 0. The lowest BCUT2D eigenvalue weighted by Crippen LogP contribution is -2.49. The topological polar surface area (TPSA) is 130 Å². The van der Waals surface area contributed by atoms with Gasteiger partial charge in [-0.05, 0) is 51.7 Å². The monoisotopic (exact) mass is 518 g/mol. The number of rotatable bonds is 8. The number of piperidine rings is 1. The molecule has 1 aliphatic carbocycles. The zero-order valence-corrected chi connectivity index (χ0v) is 21.3. The van der Waals surface area contributed by atoms with Crippen molar-refractivity contribution in [3.05, 3.63) is 24.7 Å². The summed E-state index contributed by atoms with van der Waals surface area (Å²) in [6.45, 7) is 3.69. The first kappa shape index (κ1) is 24.5. The van der Waals surface area contributed by atoms with E-state index in [-0.39, 0.29) is 58.2 Å². The normalized spacial score (nSPS) is 23.4. The van der Waals surface area contributed by atoms with Crippen molar-refractivity contribution in [2.45, 2.75) is 86.9 Å². The van der Waals surface area contributed by atoms with E-state index < -0.39 is 9.84 Å². The molecule has 36 heavy (non-hydrogen) atoms. The largest absolute Gasteiger partial charge is 0.487 e. The predicted octanol–water partition coefficient (Wildman–Crippen LogP) is 3.53. The Morgan fingerprint density at radius 1 is 1.03 bits per heavy atom. The molecule has 2 aromatic rings. The number of fused-ring (bicyclic) bond motifs is 2. The van der Waals surface area contributed by atoms with Gasteiger partial charge in [0.25, 0.3) is 11.8 Å². The Kier molecular flexibility index (Phi) is 6.62. The summed E-state index contributed by atoms with van der Waals surface area (Å²) in [7, 11) is -1.91. The summed E-state index contributed by atoms with van der Waals surface area (Å²) in [4.78, 5) is 26.9. The fourth-order valence-electron chi connectivity index (χ4n) is 4.87. The minimum atomic E-state index is -3.38. The van der Waals surface area contributed by atoms with Crippen molar-refractivity contribution in [3.63, 3.8) is 0 Å². The highest BCUT2D eigenvalue weighted by Gasteiger charge is 2.45. The maximum atomic E-state index is 12.5. The summed E-state index contributed by atoms with van der Waals surface area (Å²) >= 11 is 0. The van der Waals surface area contributed by atoms with Gasteiger partial charge in [0.1, 0.15) is 18.2 Å². The number of amides is 1. The number of nitrogens with zero attached hydrogens (tertiary/aromatic N) is 4. The molecule has 3 atom stereocenters. The number of pyridine rings is 1. The van der Waals surface area contributed by atoms with Crippen LogP contribution in [-0.2, 0) is 14.6 Å². The Morgan fingerprint density at radius 3 is 2.31 bits per heavy atom. The molecule has 11 nitrogen and oxygen atoms in total. The van der Waals surface area contributed by atoms with Crippen molar-refractivity contribution in [2.75, 3.05) is 7.11 Å². The molecule has 0 N–H and O–H groups in total. The smallest absolute Gasteiger partial charge is 0.410 e. The molecule has 0 aromatic carbocycles. The van der Waals surface area contributed by atoms with Gasteiger partial charge in [0, 0.05) is 24.9 Å². The summed E-state index contributed by atoms with van der Waals surface area (Å²) in [5.74, 6) is 0.901. The Balaban J connectivity index is 1.27. The maximum Gasteiger partial charge on any atom is 0.410 e. The van der Waals surface area contributed by atoms with Crippen LogP contribution in [0.15, 0.2) is 29.7 Å². The van der Waals surface area contributed by atoms with Crippen molar-refractivity contribution in [1.29, 1.82) is 0 Å². The van der Waals surface area contributed by atoms with Crippen LogP contribution < -0.4 is 14.2 Å². The molecule has 0 radical (unpaired) electrons. The van der Waals surface area contributed by atoms with E-state index in [1.807, 2.05) is 18.7 Å². The van der Waals surface area contributed by atoms with Crippen LogP contribution in [0.4, 0.5) is 4.79 Å². The molecule has 2 bridgehead atoms. The molecule has 1 amide bonds. The van der Waals surface area contributed by atoms with Gasteiger partial charge in [-0.1, -0.05) is 0 Å². The summed E-state index contributed by atoms with van der Waals surface area (Å²) in [6, 6.07) is 3.08. The minimum absolute atomic E-state index is 0.0364. The summed E-state index contributed by atoms with van der Waals surface area (Å²) in [5, 5.41) is -0.296. The van der Waals surface area contributed by atoms with Gasteiger partial charge in [0.2, 0.25) is 5.75 Å². The molecule has 194 valence electrons. The van der Waals surface area contributed by atoms with Gasteiger partial charge in [0.05, 0.1) is 24.7 Å². The molecule has 2 saturated heterocycles. The van der Waals surface area contributed by atoms with E-state index in [0.29, 0.717) is 31.4 Å². The lowest BCUT2D eigenvalue weighted by molar-refractivity contribution is 0.0201. The van der Waals surface area contributed by atoms with Crippen LogP contribution in [0.3, 0.4) is 0 Å². The molecular weight excluding hydrogens is 488 g/mol. The average molecular weight is 519 g/mol. The minimum Gasteiger partial charge on any atom is -0.487 e. The third-order valence-corrected chi connectivity index (χ3v) is 8.81. The molecule has 12 heteroatoms. The van der Waals surface area contributed by atoms with Crippen LogP contribution >= 0.6 is 0 Å². The lowest BCUT2D eigenvalue weighted by Gasteiger charge is -2.38. The molecule has 2 aliphatic heterocycles. The molecule has 4 heterocycles. The highest BCUT2D eigenvalue weighted by Crippen LogP contribution is 2.41. The van der Waals surface area contributed by atoms with Gasteiger partial charge in [-0.25, -0.2) is 18.2 Å². The molecule has 2 aromatic heterocycles. The summed E-state index contributed by atoms with van der Waals surface area (Å²) in [6.07, 6.45) is 6.56. The first-order chi connectivity index (χ1) is 17.3. The second kappa shape index (κ2) is 9.72. The van der Waals surface area contributed by atoms with E-state index in [2.05, 4.69) is 15.0 Å². The first-order valence-corrected chi connectivity index (χ1v) is 13.7. The van der Waals surface area contributed by atoms with E-state index in [0.717, 1.165) is 12.8 Å². The van der Waals surface area contributed by atoms with Crippen LogP contribution in [0, 0.1) is 0 Å². The van der Waals surface area contributed by atoms with Crippen molar-refractivity contribution < 1.29 is 32.2 Å². The maximum absolute atomic E-state index is 12.5. The number of hydrogen-bond acceptors (Lipinski definition) is 10. The second-order valence-electron chi connectivity index (χ2n) is 9.63. The molecule has 3 fully saturated rings. The number of carbonyl (C=O) groups excluding carboxylic acids is 1. The zero-order chi connectivity index (χ0) is 25.4. The SMILES string of the molecule is COc1c(Oc2ccc(S(=O)(=O)C3CC3)nc2)ncnc1O[C@H]1CC2CC[C@@H](C1)N2C(=O)OC(C)C. The number of carbonyl (C=O) groups is 1. The Morgan fingerprint density at radius 2 is 1.72 bits per heavy atom. The second-order valence-corrected chi connectivity index (χ2v) is 11.8. The molecule has 5 rings (SSSR count). The van der Waals surface area contributed by atoms with Crippen LogP contribution in [0.5, 0.6) is 23.3 Å². The Bertz CT molecular complexity index is 1200. The first-order valence-electron chi connectivity index (χ1n) is 12.2. The van der Waals surface area contributed by atoms with Gasteiger partial charge in [0.15, 0.2) is 14.9 Å². The third kappa shape index (κ3) is 4.91. The molecular formula is C24H30N4O7S.